The molecule has 1 aliphatic rings. The molecular formula is C16H19N3. The van der Waals surface area contributed by atoms with Gasteiger partial charge in [-0.05, 0) is 35.3 Å². The molecule has 0 spiro atoms. The van der Waals surface area contributed by atoms with Gasteiger partial charge in [-0.3, -0.25) is 0 Å². The number of nitrogens with one attached hydrogen (secondary N) is 1. The number of hydrogen-bond donors (Lipinski definition) is 1. The Bertz CT molecular complexity index is 699. The van der Waals surface area contributed by atoms with Crippen molar-refractivity contribution in [3.63, 3.8) is 0 Å². The number of pyridine rings is 1. The maximum atomic E-state index is 9.03. The summed E-state index contributed by atoms with van der Waals surface area (Å²) < 4.78 is 0. The molecule has 98 valence electrons. The average molecular weight is 253 g/mol. The molecule has 1 N–H and O–H groups in total. The van der Waals surface area contributed by atoms with Crippen molar-refractivity contribution in [3.8, 4) is 6.07 Å². The van der Waals surface area contributed by atoms with Gasteiger partial charge in [-0.15, -0.1) is 0 Å². The Kier molecular flexibility index (Phi) is 2.32. The molecule has 3 nitrogen and oxygen atoms in total. The van der Waals surface area contributed by atoms with Gasteiger partial charge in [0.05, 0.1) is 11.7 Å². The first-order valence-corrected chi connectivity index (χ1v) is 6.74. The van der Waals surface area contributed by atoms with E-state index in [1.807, 2.05) is 6.07 Å². The van der Waals surface area contributed by atoms with Crippen LogP contribution in [0.15, 0.2) is 12.3 Å². The lowest BCUT2D eigenvalue weighted by Gasteiger charge is -2.40. The second-order valence-electron chi connectivity index (χ2n) is 7.11. The standard InChI is InChI=1S/C16H19N3/c1-15(2)6-12-14(16(3,4)9-15)11-5-10(7-17)18-8-13(11)19-12/h5,8,19H,6,9H2,1-4H3. The molecule has 2 aromatic heterocycles. The topological polar surface area (TPSA) is 52.5 Å². The van der Waals surface area contributed by atoms with Gasteiger partial charge in [0.1, 0.15) is 11.8 Å². The first kappa shape index (κ1) is 12.2. The first-order valence-electron chi connectivity index (χ1n) is 6.74. The smallest absolute Gasteiger partial charge is 0.141 e. The maximum Gasteiger partial charge on any atom is 0.141 e. The van der Waals surface area contributed by atoms with Crippen molar-refractivity contribution in [2.45, 2.75) is 46.0 Å². The lowest BCUT2D eigenvalue weighted by molar-refractivity contribution is 0.231. The quantitative estimate of drug-likeness (QED) is 0.778. The largest absolute Gasteiger partial charge is 0.357 e. The molecule has 2 aromatic rings. The van der Waals surface area contributed by atoms with Crippen LogP contribution in [0, 0.1) is 16.7 Å². The van der Waals surface area contributed by atoms with E-state index in [-0.39, 0.29) is 5.41 Å². The molecule has 0 saturated carbocycles. The molecule has 0 aromatic carbocycles. The van der Waals surface area contributed by atoms with Crippen LogP contribution in [0.5, 0.6) is 0 Å². The number of aromatic nitrogens is 2. The van der Waals surface area contributed by atoms with Gasteiger partial charge in [0.15, 0.2) is 0 Å². The minimum atomic E-state index is 0.128. The van der Waals surface area contributed by atoms with E-state index in [0.29, 0.717) is 11.1 Å². The molecule has 0 unspecified atom stereocenters. The summed E-state index contributed by atoms with van der Waals surface area (Å²) in [6, 6.07) is 4.06. The molecule has 3 rings (SSSR count). The van der Waals surface area contributed by atoms with Gasteiger partial charge in [0.2, 0.25) is 0 Å². The van der Waals surface area contributed by atoms with Crippen molar-refractivity contribution in [2.75, 3.05) is 0 Å². The van der Waals surface area contributed by atoms with E-state index in [2.05, 4.69) is 43.7 Å². The number of fused-ring (bicyclic) bond motifs is 3. The van der Waals surface area contributed by atoms with Crippen LogP contribution in [0.25, 0.3) is 10.9 Å². The molecule has 0 radical (unpaired) electrons. The second-order valence-corrected chi connectivity index (χ2v) is 7.11. The van der Waals surface area contributed by atoms with Crippen LogP contribution in [0.1, 0.15) is 51.1 Å². The molecule has 0 fully saturated rings. The van der Waals surface area contributed by atoms with Gasteiger partial charge < -0.3 is 4.98 Å². The van der Waals surface area contributed by atoms with E-state index < -0.39 is 0 Å². The molecule has 0 atom stereocenters. The normalized spacial score (nSPS) is 19.9. The lowest BCUT2D eigenvalue weighted by Crippen LogP contribution is -2.34. The highest BCUT2D eigenvalue weighted by Crippen LogP contribution is 2.48. The first-order chi connectivity index (χ1) is 8.82. The van der Waals surface area contributed by atoms with Crippen molar-refractivity contribution >= 4 is 10.9 Å². The second kappa shape index (κ2) is 3.60. The van der Waals surface area contributed by atoms with Gasteiger partial charge in [-0.2, -0.15) is 5.26 Å². The van der Waals surface area contributed by atoms with Crippen LogP contribution < -0.4 is 0 Å². The summed E-state index contributed by atoms with van der Waals surface area (Å²) in [7, 11) is 0. The fourth-order valence-corrected chi connectivity index (χ4v) is 3.94. The van der Waals surface area contributed by atoms with Crippen LogP contribution >= 0.6 is 0 Å². The molecule has 0 aliphatic heterocycles. The SMILES string of the molecule is CC1(C)Cc2[nH]c3cnc(C#N)cc3c2C(C)(C)C1. The maximum absolute atomic E-state index is 9.03. The molecule has 0 amide bonds. The van der Waals surface area contributed by atoms with Crippen LogP contribution in [-0.4, -0.2) is 9.97 Å². The fraction of sp³-hybridized carbons (Fsp3) is 0.500. The molecule has 0 bridgehead atoms. The van der Waals surface area contributed by atoms with Crippen LogP contribution in [0.3, 0.4) is 0 Å². The van der Waals surface area contributed by atoms with Crippen LogP contribution in [0.2, 0.25) is 0 Å². The molecule has 1 aliphatic carbocycles. The van der Waals surface area contributed by atoms with Gasteiger partial charge in [-0.1, -0.05) is 27.7 Å². The summed E-state index contributed by atoms with van der Waals surface area (Å²) in [6.07, 6.45) is 4.00. The highest BCUT2D eigenvalue weighted by Gasteiger charge is 2.39. The van der Waals surface area contributed by atoms with Crippen LogP contribution in [0.4, 0.5) is 0 Å². The van der Waals surface area contributed by atoms with Crippen molar-refractivity contribution in [2.24, 2.45) is 5.41 Å². The molecule has 3 heteroatoms. The number of hydrogen-bond acceptors (Lipinski definition) is 2. The van der Waals surface area contributed by atoms with E-state index >= 15 is 0 Å². The summed E-state index contributed by atoms with van der Waals surface area (Å²) in [5.41, 5.74) is 4.67. The molecular weight excluding hydrogens is 234 g/mol. The third-order valence-corrected chi connectivity index (χ3v) is 4.13. The summed E-state index contributed by atoms with van der Waals surface area (Å²) >= 11 is 0. The summed E-state index contributed by atoms with van der Waals surface area (Å²) in [6.45, 7) is 9.24. The number of H-pyrrole nitrogens is 1. The highest BCUT2D eigenvalue weighted by atomic mass is 14.8. The van der Waals surface area contributed by atoms with E-state index in [1.54, 1.807) is 6.20 Å². The average Bonchev–Trinajstić information content (AvgIpc) is 2.62. The molecule has 19 heavy (non-hydrogen) atoms. The van der Waals surface area contributed by atoms with Gasteiger partial charge in [0, 0.05) is 11.1 Å². The van der Waals surface area contributed by atoms with E-state index in [1.165, 1.54) is 16.6 Å². The third kappa shape index (κ3) is 1.83. The summed E-state index contributed by atoms with van der Waals surface area (Å²) in [5, 5.41) is 10.2. The Hall–Kier alpha value is -1.82. The Morgan fingerprint density at radius 1 is 1.32 bits per heavy atom. The minimum absolute atomic E-state index is 0.128. The predicted octanol–water partition coefficient (Wildman–Crippen LogP) is 3.68. The van der Waals surface area contributed by atoms with Crippen molar-refractivity contribution in [1.82, 2.24) is 9.97 Å². The zero-order valence-electron chi connectivity index (χ0n) is 12.0. The van der Waals surface area contributed by atoms with Gasteiger partial charge in [-0.25, -0.2) is 4.98 Å². The van der Waals surface area contributed by atoms with E-state index in [4.69, 9.17) is 5.26 Å². The minimum Gasteiger partial charge on any atom is -0.357 e. The van der Waals surface area contributed by atoms with Crippen LogP contribution in [-0.2, 0) is 11.8 Å². The Labute approximate surface area is 113 Å². The molecule has 2 heterocycles. The monoisotopic (exact) mass is 253 g/mol. The fourth-order valence-electron chi connectivity index (χ4n) is 3.94. The van der Waals surface area contributed by atoms with E-state index in [0.717, 1.165) is 18.4 Å². The Balaban J connectivity index is 2.31. The number of aromatic amines is 1. The van der Waals surface area contributed by atoms with Crippen molar-refractivity contribution in [1.29, 1.82) is 5.26 Å². The molecule has 0 saturated heterocycles. The van der Waals surface area contributed by atoms with E-state index in [9.17, 15) is 0 Å². The lowest BCUT2D eigenvalue weighted by atomic mass is 9.64. The van der Waals surface area contributed by atoms with Gasteiger partial charge in [0.25, 0.3) is 0 Å². The van der Waals surface area contributed by atoms with Crippen molar-refractivity contribution in [3.05, 3.63) is 29.2 Å². The number of nitriles is 1. The predicted molar refractivity (Wildman–Crippen MR) is 75.9 cm³/mol. The number of rotatable bonds is 0. The zero-order chi connectivity index (χ0) is 13.8. The van der Waals surface area contributed by atoms with Gasteiger partial charge >= 0.3 is 0 Å². The zero-order valence-corrected chi connectivity index (χ0v) is 12.0. The Morgan fingerprint density at radius 2 is 2.05 bits per heavy atom. The highest BCUT2D eigenvalue weighted by molar-refractivity contribution is 5.86. The van der Waals surface area contributed by atoms with Crippen molar-refractivity contribution < 1.29 is 0 Å². The number of nitrogens with zero attached hydrogens (tertiary/aromatic N) is 2. The summed E-state index contributed by atoms with van der Waals surface area (Å²) in [5.74, 6) is 0. The summed E-state index contributed by atoms with van der Waals surface area (Å²) in [4.78, 5) is 7.67. The Morgan fingerprint density at radius 3 is 2.74 bits per heavy atom. The third-order valence-electron chi connectivity index (χ3n) is 4.13.